The minimum Gasteiger partial charge on any atom is -0.329 e. The van der Waals surface area contributed by atoms with Crippen LogP contribution in [0.4, 0.5) is 0 Å². The average molecular weight is 263 g/mol. The summed E-state index contributed by atoms with van der Waals surface area (Å²) in [4.78, 5) is 0. The van der Waals surface area contributed by atoms with E-state index in [-0.39, 0.29) is 12.0 Å². The van der Waals surface area contributed by atoms with Crippen LogP contribution in [0.2, 0.25) is 0 Å². The molecule has 4 N–H and O–H groups in total. The maximum absolute atomic E-state index is 11.9. The molecule has 1 aliphatic carbocycles. The Bertz CT molecular complexity index is 343. The highest BCUT2D eigenvalue weighted by Crippen LogP contribution is 2.33. The van der Waals surface area contributed by atoms with Crippen molar-refractivity contribution in [3.05, 3.63) is 0 Å². The minimum absolute atomic E-state index is 0.110. The van der Waals surface area contributed by atoms with Crippen LogP contribution in [0.3, 0.4) is 0 Å². The molecule has 0 aliphatic heterocycles. The Morgan fingerprint density at radius 2 is 2.06 bits per heavy atom. The van der Waals surface area contributed by atoms with Gasteiger partial charge in [0.25, 0.3) is 10.2 Å². The van der Waals surface area contributed by atoms with Gasteiger partial charge in [0.05, 0.1) is 0 Å². The van der Waals surface area contributed by atoms with Crippen LogP contribution in [0.25, 0.3) is 0 Å². The number of hydrogen-bond acceptors (Lipinski definition) is 3. The SMILES string of the molecule is CC(C)NS(=O)(=O)NC1(CN)CCCCC1C. The average Bonchev–Trinajstić information content (AvgIpc) is 2.19. The van der Waals surface area contributed by atoms with E-state index in [0.29, 0.717) is 6.54 Å². The highest BCUT2D eigenvalue weighted by molar-refractivity contribution is 7.87. The zero-order chi connectivity index (χ0) is 13.1. The fourth-order valence-electron chi connectivity index (χ4n) is 2.52. The van der Waals surface area contributed by atoms with Gasteiger partial charge in [0.1, 0.15) is 0 Å². The molecule has 0 radical (unpaired) electrons. The molecule has 1 rings (SSSR count). The summed E-state index contributed by atoms with van der Waals surface area (Å²) < 4.78 is 29.2. The van der Waals surface area contributed by atoms with E-state index in [9.17, 15) is 8.42 Å². The molecule has 0 spiro atoms. The van der Waals surface area contributed by atoms with Crippen LogP contribution in [-0.2, 0) is 10.2 Å². The van der Waals surface area contributed by atoms with Crippen LogP contribution in [0.5, 0.6) is 0 Å². The van der Waals surface area contributed by atoms with Gasteiger partial charge in [-0.15, -0.1) is 0 Å². The second kappa shape index (κ2) is 5.65. The lowest BCUT2D eigenvalue weighted by Crippen LogP contribution is -2.61. The van der Waals surface area contributed by atoms with E-state index in [1.807, 2.05) is 0 Å². The molecule has 0 aromatic rings. The summed E-state index contributed by atoms with van der Waals surface area (Å²) in [6, 6.07) is -0.110. The summed E-state index contributed by atoms with van der Waals surface area (Å²) >= 11 is 0. The van der Waals surface area contributed by atoms with E-state index in [4.69, 9.17) is 5.73 Å². The van der Waals surface area contributed by atoms with Gasteiger partial charge in [0.15, 0.2) is 0 Å². The van der Waals surface area contributed by atoms with Crippen LogP contribution in [0.15, 0.2) is 0 Å². The predicted octanol–water partition coefficient (Wildman–Crippen LogP) is 0.726. The zero-order valence-corrected chi connectivity index (χ0v) is 11.8. The largest absolute Gasteiger partial charge is 0.329 e. The van der Waals surface area contributed by atoms with Crippen LogP contribution < -0.4 is 15.2 Å². The van der Waals surface area contributed by atoms with Crippen molar-refractivity contribution in [1.82, 2.24) is 9.44 Å². The summed E-state index contributed by atoms with van der Waals surface area (Å²) in [7, 11) is -3.46. The molecule has 6 heteroatoms. The standard InChI is InChI=1S/C11H25N3O2S/c1-9(2)13-17(15,16)14-11(8-12)7-5-4-6-10(11)3/h9-10,13-14H,4-8,12H2,1-3H3. The van der Waals surface area contributed by atoms with Crippen LogP contribution in [0, 0.1) is 5.92 Å². The zero-order valence-electron chi connectivity index (χ0n) is 11.0. The van der Waals surface area contributed by atoms with E-state index >= 15 is 0 Å². The van der Waals surface area contributed by atoms with Crippen molar-refractivity contribution < 1.29 is 8.42 Å². The lowest BCUT2D eigenvalue weighted by Gasteiger charge is -2.42. The lowest BCUT2D eigenvalue weighted by atomic mass is 9.74. The molecule has 2 unspecified atom stereocenters. The molecule has 102 valence electrons. The molecule has 17 heavy (non-hydrogen) atoms. The topological polar surface area (TPSA) is 84.2 Å². The maximum atomic E-state index is 11.9. The Kier molecular flexibility index (Phi) is 4.95. The molecule has 0 aromatic carbocycles. The summed E-state index contributed by atoms with van der Waals surface area (Å²) in [5.41, 5.74) is 5.34. The van der Waals surface area contributed by atoms with Gasteiger partial charge in [0, 0.05) is 18.1 Å². The fraction of sp³-hybridized carbons (Fsp3) is 1.00. The molecule has 0 heterocycles. The van der Waals surface area contributed by atoms with Crippen molar-refractivity contribution in [1.29, 1.82) is 0 Å². The van der Waals surface area contributed by atoms with Gasteiger partial charge in [-0.25, -0.2) is 0 Å². The van der Waals surface area contributed by atoms with E-state index in [2.05, 4.69) is 16.4 Å². The molecule has 2 atom stereocenters. The Labute approximate surface area is 105 Å². The first-order valence-electron chi connectivity index (χ1n) is 6.32. The second-order valence-electron chi connectivity index (χ2n) is 5.39. The smallest absolute Gasteiger partial charge is 0.277 e. The third kappa shape index (κ3) is 3.91. The normalized spacial score (nSPS) is 30.8. The Morgan fingerprint density at radius 1 is 1.41 bits per heavy atom. The number of nitrogens with two attached hydrogens (primary N) is 1. The molecule has 0 saturated heterocycles. The van der Waals surface area contributed by atoms with Crippen LogP contribution >= 0.6 is 0 Å². The molecule has 1 aliphatic rings. The van der Waals surface area contributed by atoms with Gasteiger partial charge in [0.2, 0.25) is 0 Å². The second-order valence-corrected chi connectivity index (χ2v) is 6.83. The van der Waals surface area contributed by atoms with Crippen molar-refractivity contribution in [2.45, 2.75) is 58.0 Å². The van der Waals surface area contributed by atoms with Gasteiger partial charge >= 0.3 is 0 Å². The van der Waals surface area contributed by atoms with E-state index in [1.165, 1.54) is 0 Å². The fourth-order valence-corrected chi connectivity index (χ4v) is 4.12. The molecule has 0 aromatic heterocycles. The van der Waals surface area contributed by atoms with Gasteiger partial charge in [-0.3, -0.25) is 0 Å². The van der Waals surface area contributed by atoms with Crippen LogP contribution in [0.1, 0.15) is 46.5 Å². The van der Waals surface area contributed by atoms with Gasteiger partial charge in [-0.1, -0.05) is 19.8 Å². The molecular weight excluding hydrogens is 238 g/mol. The lowest BCUT2D eigenvalue weighted by molar-refractivity contribution is 0.190. The van der Waals surface area contributed by atoms with Crippen molar-refractivity contribution in [3.63, 3.8) is 0 Å². The van der Waals surface area contributed by atoms with E-state index < -0.39 is 15.7 Å². The van der Waals surface area contributed by atoms with Crippen molar-refractivity contribution >= 4 is 10.2 Å². The van der Waals surface area contributed by atoms with Gasteiger partial charge < -0.3 is 5.73 Å². The Balaban J connectivity index is 2.81. The molecule has 0 amide bonds. The van der Waals surface area contributed by atoms with Crippen molar-refractivity contribution in [2.24, 2.45) is 11.7 Å². The molecule has 1 saturated carbocycles. The van der Waals surface area contributed by atoms with E-state index in [0.717, 1.165) is 25.7 Å². The van der Waals surface area contributed by atoms with Crippen LogP contribution in [-0.4, -0.2) is 26.5 Å². The third-order valence-corrected chi connectivity index (χ3v) is 5.00. The molecule has 1 fully saturated rings. The maximum Gasteiger partial charge on any atom is 0.277 e. The molecule has 0 bridgehead atoms. The highest BCUT2D eigenvalue weighted by Gasteiger charge is 2.40. The van der Waals surface area contributed by atoms with Gasteiger partial charge in [-0.2, -0.15) is 17.9 Å². The minimum atomic E-state index is -3.46. The number of nitrogens with one attached hydrogen (secondary N) is 2. The summed E-state index contributed by atoms with van der Waals surface area (Å²) in [6.45, 7) is 6.04. The highest BCUT2D eigenvalue weighted by atomic mass is 32.2. The quantitative estimate of drug-likeness (QED) is 0.683. The van der Waals surface area contributed by atoms with Crippen molar-refractivity contribution in [3.8, 4) is 0 Å². The summed E-state index contributed by atoms with van der Waals surface area (Å²) in [5, 5.41) is 0. The molecule has 5 nitrogen and oxygen atoms in total. The Hall–Kier alpha value is -0.170. The first-order chi connectivity index (χ1) is 7.81. The number of rotatable bonds is 5. The first kappa shape index (κ1) is 14.9. The first-order valence-corrected chi connectivity index (χ1v) is 7.81. The monoisotopic (exact) mass is 263 g/mol. The summed E-state index contributed by atoms with van der Waals surface area (Å²) in [5.74, 6) is 0.282. The van der Waals surface area contributed by atoms with E-state index in [1.54, 1.807) is 13.8 Å². The van der Waals surface area contributed by atoms with Crippen molar-refractivity contribution in [2.75, 3.05) is 6.54 Å². The third-order valence-electron chi connectivity index (χ3n) is 3.55. The molecular formula is C11H25N3O2S. The number of hydrogen-bond donors (Lipinski definition) is 3. The summed E-state index contributed by atoms with van der Waals surface area (Å²) in [6.07, 6.45) is 4.04. The predicted molar refractivity (Wildman–Crippen MR) is 69.7 cm³/mol. The Morgan fingerprint density at radius 3 is 2.53 bits per heavy atom. The van der Waals surface area contributed by atoms with Gasteiger partial charge in [-0.05, 0) is 32.6 Å².